The number of aromatic nitrogens is 2. The number of hydrogen-bond donors (Lipinski definition) is 1. The first kappa shape index (κ1) is 6.40. The molecule has 2 aromatic heterocycles. The highest BCUT2D eigenvalue weighted by molar-refractivity contribution is 5.78. The van der Waals surface area contributed by atoms with Crippen molar-refractivity contribution in [2.75, 3.05) is 0 Å². The van der Waals surface area contributed by atoms with E-state index in [-0.39, 0.29) is 0 Å². The maximum absolute atomic E-state index is 4.19. The van der Waals surface area contributed by atoms with Crippen molar-refractivity contribution < 1.29 is 0 Å². The number of aromatic amines is 1. The van der Waals surface area contributed by atoms with Crippen LogP contribution >= 0.6 is 0 Å². The molecule has 0 unspecified atom stereocenters. The van der Waals surface area contributed by atoms with Crippen LogP contribution in [0.15, 0.2) is 24.5 Å². The Morgan fingerprint density at radius 3 is 3.18 bits per heavy atom. The van der Waals surface area contributed by atoms with Crippen molar-refractivity contribution in [1.29, 1.82) is 0 Å². The number of nitrogens with zero attached hydrogens (tertiary/aromatic N) is 1. The monoisotopic (exact) mass is 146 g/mol. The van der Waals surface area contributed by atoms with Gasteiger partial charge in [0.05, 0.1) is 0 Å². The summed E-state index contributed by atoms with van der Waals surface area (Å²) in [7, 11) is 0. The molecular weight excluding hydrogens is 136 g/mol. The SMILES string of the molecule is CCc1ccnc2[nH]ccc12. The highest BCUT2D eigenvalue weighted by Crippen LogP contribution is 2.14. The van der Waals surface area contributed by atoms with Gasteiger partial charge in [0.1, 0.15) is 5.65 Å². The normalized spacial score (nSPS) is 10.6. The topological polar surface area (TPSA) is 28.7 Å². The molecule has 0 aliphatic heterocycles. The third-order valence-corrected chi connectivity index (χ3v) is 1.93. The van der Waals surface area contributed by atoms with Gasteiger partial charge in [-0.15, -0.1) is 0 Å². The van der Waals surface area contributed by atoms with Crippen LogP contribution in [-0.4, -0.2) is 9.97 Å². The molecule has 2 heterocycles. The van der Waals surface area contributed by atoms with E-state index in [2.05, 4.69) is 29.0 Å². The third kappa shape index (κ3) is 0.909. The molecule has 0 atom stereocenters. The Labute approximate surface area is 65.3 Å². The molecule has 0 saturated heterocycles. The standard InChI is InChI=1S/C9H10N2/c1-2-7-3-5-10-9-8(7)4-6-11-9/h3-6H,2H2,1H3,(H,10,11). The first-order valence-electron chi connectivity index (χ1n) is 3.83. The predicted octanol–water partition coefficient (Wildman–Crippen LogP) is 2.13. The molecule has 1 N–H and O–H groups in total. The highest BCUT2D eigenvalue weighted by Gasteiger charge is 1.98. The van der Waals surface area contributed by atoms with Gasteiger partial charge in [-0.05, 0) is 24.1 Å². The van der Waals surface area contributed by atoms with Gasteiger partial charge in [0, 0.05) is 17.8 Å². The highest BCUT2D eigenvalue weighted by atomic mass is 14.8. The van der Waals surface area contributed by atoms with Crippen LogP contribution in [0.2, 0.25) is 0 Å². The second kappa shape index (κ2) is 2.38. The summed E-state index contributed by atoms with van der Waals surface area (Å²) < 4.78 is 0. The van der Waals surface area contributed by atoms with Crippen LogP contribution in [0, 0.1) is 0 Å². The maximum atomic E-state index is 4.19. The molecule has 0 spiro atoms. The first-order valence-corrected chi connectivity index (χ1v) is 3.83. The summed E-state index contributed by atoms with van der Waals surface area (Å²) in [4.78, 5) is 7.28. The Bertz CT molecular complexity index is 362. The van der Waals surface area contributed by atoms with Crippen molar-refractivity contribution in [3.8, 4) is 0 Å². The Morgan fingerprint density at radius 1 is 1.45 bits per heavy atom. The lowest BCUT2D eigenvalue weighted by Crippen LogP contribution is -1.82. The zero-order valence-electron chi connectivity index (χ0n) is 6.46. The van der Waals surface area contributed by atoms with E-state index in [1.165, 1.54) is 10.9 Å². The fraction of sp³-hybridized carbons (Fsp3) is 0.222. The molecule has 11 heavy (non-hydrogen) atoms. The molecule has 2 rings (SSSR count). The number of nitrogens with one attached hydrogen (secondary N) is 1. The summed E-state index contributed by atoms with van der Waals surface area (Å²) in [5.74, 6) is 0. The lowest BCUT2D eigenvalue weighted by atomic mass is 10.1. The minimum absolute atomic E-state index is 0.990. The molecule has 2 nitrogen and oxygen atoms in total. The molecule has 2 aromatic rings. The maximum Gasteiger partial charge on any atom is 0.137 e. The van der Waals surface area contributed by atoms with E-state index >= 15 is 0 Å². The number of H-pyrrole nitrogens is 1. The molecule has 0 bridgehead atoms. The lowest BCUT2D eigenvalue weighted by Gasteiger charge is -1.95. The van der Waals surface area contributed by atoms with Crippen molar-refractivity contribution in [3.63, 3.8) is 0 Å². The Hall–Kier alpha value is -1.31. The van der Waals surface area contributed by atoms with Crippen LogP contribution in [0.4, 0.5) is 0 Å². The van der Waals surface area contributed by atoms with Crippen LogP contribution in [0.5, 0.6) is 0 Å². The van der Waals surface area contributed by atoms with Gasteiger partial charge in [0.25, 0.3) is 0 Å². The Kier molecular flexibility index (Phi) is 1.39. The predicted molar refractivity (Wildman–Crippen MR) is 45.5 cm³/mol. The Balaban J connectivity index is 2.79. The minimum atomic E-state index is 0.990. The van der Waals surface area contributed by atoms with Crippen molar-refractivity contribution >= 4 is 11.0 Å². The molecule has 0 radical (unpaired) electrons. The summed E-state index contributed by atoms with van der Waals surface area (Å²) in [6.07, 6.45) is 4.84. The summed E-state index contributed by atoms with van der Waals surface area (Å²) in [5, 5.41) is 1.25. The van der Waals surface area contributed by atoms with Gasteiger partial charge >= 0.3 is 0 Å². The zero-order valence-corrected chi connectivity index (χ0v) is 6.46. The second-order valence-electron chi connectivity index (χ2n) is 2.56. The molecule has 2 heteroatoms. The molecular formula is C9H10N2. The van der Waals surface area contributed by atoms with Gasteiger partial charge in [0.15, 0.2) is 0 Å². The number of rotatable bonds is 1. The first-order chi connectivity index (χ1) is 5.42. The fourth-order valence-electron chi connectivity index (χ4n) is 1.33. The van der Waals surface area contributed by atoms with Crippen LogP contribution in [0.3, 0.4) is 0 Å². The summed E-state index contributed by atoms with van der Waals surface area (Å²) in [5.41, 5.74) is 2.35. The number of fused-ring (bicyclic) bond motifs is 1. The number of hydrogen-bond acceptors (Lipinski definition) is 1. The average Bonchev–Trinajstić information content (AvgIpc) is 2.50. The van der Waals surface area contributed by atoms with E-state index in [0.29, 0.717) is 0 Å². The van der Waals surface area contributed by atoms with Crippen LogP contribution < -0.4 is 0 Å². The van der Waals surface area contributed by atoms with Gasteiger partial charge in [-0.1, -0.05) is 6.92 Å². The molecule has 0 amide bonds. The van der Waals surface area contributed by atoms with E-state index in [1.807, 2.05) is 12.4 Å². The third-order valence-electron chi connectivity index (χ3n) is 1.93. The van der Waals surface area contributed by atoms with Gasteiger partial charge in [0.2, 0.25) is 0 Å². The van der Waals surface area contributed by atoms with Gasteiger partial charge in [-0.2, -0.15) is 0 Å². The van der Waals surface area contributed by atoms with E-state index < -0.39 is 0 Å². The number of aryl methyl sites for hydroxylation is 1. The van der Waals surface area contributed by atoms with E-state index in [0.717, 1.165) is 12.1 Å². The Morgan fingerprint density at radius 2 is 2.36 bits per heavy atom. The van der Waals surface area contributed by atoms with Crippen molar-refractivity contribution in [2.45, 2.75) is 13.3 Å². The van der Waals surface area contributed by atoms with Crippen LogP contribution in [0.1, 0.15) is 12.5 Å². The zero-order chi connectivity index (χ0) is 7.68. The van der Waals surface area contributed by atoms with Crippen molar-refractivity contribution in [1.82, 2.24) is 9.97 Å². The van der Waals surface area contributed by atoms with Crippen LogP contribution in [-0.2, 0) is 6.42 Å². The average molecular weight is 146 g/mol. The molecule has 0 aliphatic carbocycles. The van der Waals surface area contributed by atoms with Gasteiger partial charge in [-0.25, -0.2) is 4.98 Å². The summed E-state index contributed by atoms with van der Waals surface area (Å²) >= 11 is 0. The lowest BCUT2D eigenvalue weighted by molar-refractivity contribution is 1.15. The van der Waals surface area contributed by atoms with Gasteiger partial charge < -0.3 is 4.98 Å². The number of pyridine rings is 1. The molecule has 0 aromatic carbocycles. The summed E-state index contributed by atoms with van der Waals surface area (Å²) in [6.45, 7) is 2.15. The minimum Gasteiger partial charge on any atom is -0.346 e. The van der Waals surface area contributed by atoms with Gasteiger partial charge in [-0.3, -0.25) is 0 Å². The van der Waals surface area contributed by atoms with E-state index in [4.69, 9.17) is 0 Å². The second-order valence-corrected chi connectivity index (χ2v) is 2.56. The van der Waals surface area contributed by atoms with Crippen LogP contribution in [0.25, 0.3) is 11.0 Å². The molecule has 56 valence electrons. The largest absolute Gasteiger partial charge is 0.346 e. The molecule has 0 fully saturated rings. The molecule has 0 saturated carbocycles. The van der Waals surface area contributed by atoms with E-state index in [9.17, 15) is 0 Å². The molecule has 0 aliphatic rings. The summed E-state index contributed by atoms with van der Waals surface area (Å²) in [6, 6.07) is 4.14. The smallest absolute Gasteiger partial charge is 0.137 e. The van der Waals surface area contributed by atoms with Crippen molar-refractivity contribution in [2.24, 2.45) is 0 Å². The quantitative estimate of drug-likeness (QED) is 0.656. The van der Waals surface area contributed by atoms with E-state index in [1.54, 1.807) is 0 Å². The fourth-order valence-corrected chi connectivity index (χ4v) is 1.33. The van der Waals surface area contributed by atoms with Crippen molar-refractivity contribution in [3.05, 3.63) is 30.1 Å².